The molecule has 0 aromatic heterocycles. The van der Waals surface area contributed by atoms with Crippen LogP contribution < -0.4 is 5.32 Å². The largest absolute Gasteiger partial charge is 0.446 e. The van der Waals surface area contributed by atoms with Gasteiger partial charge in [-0.15, -0.1) is 0 Å². The third-order valence-electron chi connectivity index (χ3n) is 1.82. The van der Waals surface area contributed by atoms with Crippen LogP contribution in [0.2, 0.25) is 0 Å². The van der Waals surface area contributed by atoms with E-state index in [0.29, 0.717) is 0 Å². The van der Waals surface area contributed by atoms with E-state index in [1.165, 1.54) is 0 Å². The standard InChI is InChI=1S/C10H11NO2/c12-10(13-9-6-7-9)11-8-4-2-1-3-5-8/h1-5,9H,6-7H2,(H,11,12). The van der Waals surface area contributed by atoms with Crippen molar-refractivity contribution in [2.24, 2.45) is 0 Å². The Bertz CT molecular complexity index is 293. The molecule has 0 atom stereocenters. The Morgan fingerprint density at radius 3 is 2.62 bits per heavy atom. The molecular formula is C10H11NO2. The number of benzene rings is 1. The molecule has 0 radical (unpaired) electrons. The first kappa shape index (κ1) is 8.10. The monoisotopic (exact) mass is 177 g/mol. The number of anilines is 1. The van der Waals surface area contributed by atoms with Gasteiger partial charge in [-0.25, -0.2) is 4.79 Å². The molecule has 1 aliphatic carbocycles. The third-order valence-corrected chi connectivity index (χ3v) is 1.82. The van der Waals surface area contributed by atoms with E-state index < -0.39 is 0 Å². The lowest BCUT2D eigenvalue weighted by Gasteiger charge is -2.04. The van der Waals surface area contributed by atoms with Gasteiger partial charge in [-0.1, -0.05) is 18.2 Å². The maximum atomic E-state index is 11.1. The fourth-order valence-electron chi connectivity index (χ4n) is 1.01. The van der Waals surface area contributed by atoms with Crippen molar-refractivity contribution in [2.75, 3.05) is 5.32 Å². The number of hydrogen-bond donors (Lipinski definition) is 1. The molecule has 1 amide bonds. The average molecular weight is 177 g/mol. The highest BCUT2D eigenvalue weighted by atomic mass is 16.6. The van der Waals surface area contributed by atoms with Crippen LogP contribution in [0.4, 0.5) is 10.5 Å². The SMILES string of the molecule is O=C(Nc1ccccc1)OC1CC1. The van der Waals surface area contributed by atoms with E-state index >= 15 is 0 Å². The molecule has 0 bridgehead atoms. The van der Waals surface area contributed by atoms with Crippen LogP contribution in [0.15, 0.2) is 30.3 Å². The molecule has 1 aromatic carbocycles. The van der Waals surface area contributed by atoms with Crippen molar-refractivity contribution in [3.63, 3.8) is 0 Å². The zero-order valence-corrected chi connectivity index (χ0v) is 7.19. The van der Waals surface area contributed by atoms with Crippen LogP contribution >= 0.6 is 0 Å². The van der Waals surface area contributed by atoms with Crippen molar-refractivity contribution in [3.8, 4) is 0 Å². The second kappa shape index (κ2) is 3.47. The first-order valence-electron chi connectivity index (χ1n) is 4.37. The predicted molar refractivity (Wildman–Crippen MR) is 49.6 cm³/mol. The molecule has 13 heavy (non-hydrogen) atoms. The first-order valence-corrected chi connectivity index (χ1v) is 4.37. The van der Waals surface area contributed by atoms with Gasteiger partial charge >= 0.3 is 6.09 Å². The summed E-state index contributed by atoms with van der Waals surface area (Å²) in [5.41, 5.74) is 0.771. The normalized spacial score (nSPS) is 15.1. The number of nitrogens with one attached hydrogen (secondary N) is 1. The molecule has 3 nitrogen and oxygen atoms in total. The van der Waals surface area contributed by atoms with E-state index in [9.17, 15) is 4.79 Å². The van der Waals surface area contributed by atoms with E-state index in [1.807, 2.05) is 30.3 Å². The van der Waals surface area contributed by atoms with Crippen LogP contribution in [0.25, 0.3) is 0 Å². The molecule has 3 heteroatoms. The second-order valence-corrected chi connectivity index (χ2v) is 3.10. The van der Waals surface area contributed by atoms with E-state index in [1.54, 1.807) is 0 Å². The summed E-state index contributed by atoms with van der Waals surface area (Å²) in [6, 6.07) is 9.29. The summed E-state index contributed by atoms with van der Waals surface area (Å²) < 4.78 is 5.02. The number of carbonyl (C=O) groups is 1. The lowest BCUT2D eigenvalue weighted by Crippen LogP contribution is -2.14. The van der Waals surface area contributed by atoms with Gasteiger partial charge in [-0.05, 0) is 25.0 Å². The zero-order valence-electron chi connectivity index (χ0n) is 7.19. The van der Waals surface area contributed by atoms with Crippen molar-refractivity contribution in [1.82, 2.24) is 0 Å². The van der Waals surface area contributed by atoms with Crippen LogP contribution in [0, 0.1) is 0 Å². The summed E-state index contributed by atoms with van der Waals surface area (Å²) in [4.78, 5) is 11.1. The quantitative estimate of drug-likeness (QED) is 0.753. The van der Waals surface area contributed by atoms with Crippen LogP contribution in [-0.4, -0.2) is 12.2 Å². The number of hydrogen-bond acceptors (Lipinski definition) is 2. The highest BCUT2D eigenvalue weighted by molar-refractivity contribution is 5.84. The van der Waals surface area contributed by atoms with E-state index in [0.717, 1.165) is 18.5 Å². The zero-order chi connectivity index (χ0) is 9.10. The summed E-state index contributed by atoms with van der Waals surface area (Å²) in [7, 11) is 0. The van der Waals surface area contributed by atoms with E-state index in [2.05, 4.69) is 5.32 Å². The molecule has 0 aliphatic heterocycles. The molecule has 1 saturated carbocycles. The van der Waals surface area contributed by atoms with Crippen molar-refractivity contribution < 1.29 is 9.53 Å². The minimum Gasteiger partial charge on any atom is -0.446 e. The maximum absolute atomic E-state index is 11.1. The second-order valence-electron chi connectivity index (χ2n) is 3.10. The van der Waals surface area contributed by atoms with Crippen molar-refractivity contribution >= 4 is 11.8 Å². The van der Waals surface area contributed by atoms with Crippen molar-refractivity contribution in [3.05, 3.63) is 30.3 Å². The summed E-state index contributed by atoms with van der Waals surface area (Å²) >= 11 is 0. The number of amides is 1. The molecule has 1 aromatic rings. The molecular weight excluding hydrogens is 166 g/mol. The summed E-state index contributed by atoms with van der Waals surface area (Å²) in [5, 5.41) is 2.65. The van der Waals surface area contributed by atoms with E-state index in [4.69, 9.17) is 4.74 Å². The number of ether oxygens (including phenoxy) is 1. The van der Waals surface area contributed by atoms with Gasteiger partial charge in [-0.3, -0.25) is 5.32 Å². The molecule has 0 spiro atoms. The van der Waals surface area contributed by atoms with Crippen molar-refractivity contribution in [1.29, 1.82) is 0 Å². The Labute approximate surface area is 76.7 Å². The molecule has 0 heterocycles. The average Bonchev–Trinajstić information content (AvgIpc) is 2.90. The predicted octanol–water partition coefficient (Wildman–Crippen LogP) is 2.40. The summed E-state index contributed by atoms with van der Waals surface area (Å²) in [6.45, 7) is 0. The smallest absolute Gasteiger partial charge is 0.411 e. The van der Waals surface area contributed by atoms with Crippen LogP contribution in [0.5, 0.6) is 0 Å². The first-order chi connectivity index (χ1) is 6.34. The molecule has 1 aliphatic rings. The van der Waals surface area contributed by atoms with E-state index in [-0.39, 0.29) is 12.2 Å². The number of carbonyl (C=O) groups excluding carboxylic acids is 1. The minimum atomic E-state index is -0.353. The van der Waals surface area contributed by atoms with Crippen LogP contribution in [0.1, 0.15) is 12.8 Å². The lowest BCUT2D eigenvalue weighted by atomic mass is 10.3. The Morgan fingerprint density at radius 2 is 2.00 bits per heavy atom. The fourth-order valence-corrected chi connectivity index (χ4v) is 1.01. The van der Waals surface area contributed by atoms with Gasteiger partial charge in [0.1, 0.15) is 6.10 Å². The summed E-state index contributed by atoms with van der Waals surface area (Å²) in [6.07, 6.45) is 1.81. The molecule has 0 saturated heterocycles. The molecule has 1 N–H and O–H groups in total. The van der Waals surface area contributed by atoms with Gasteiger partial charge in [0.15, 0.2) is 0 Å². The van der Waals surface area contributed by atoms with Crippen LogP contribution in [-0.2, 0) is 4.74 Å². The van der Waals surface area contributed by atoms with Gasteiger partial charge in [0, 0.05) is 5.69 Å². The molecule has 1 fully saturated rings. The Morgan fingerprint density at radius 1 is 1.31 bits per heavy atom. The lowest BCUT2D eigenvalue weighted by molar-refractivity contribution is 0.154. The molecule has 0 unspecified atom stereocenters. The fraction of sp³-hybridized carbons (Fsp3) is 0.300. The number of para-hydroxylation sites is 1. The van der Waals surface area contributed by atoms with Gasteiger partial charge < -0.3 is 4.74 Å². The topological polar surface area (TPSA) is 38.3 Å². The van der Waals surface area contributed by atoms with Gasteiger partial charge in [0.05, 0.1) is 0 Å². The Kier molecular flexibility index (Phi) is 2.17. The highest BCUT2D eigenvalue weighted by Gasteiger charge is 2.25. The minimum absolute atomic E-state index is 0.156. The number of rotatable bonds is 2. The van der Waals surface area contributed by atoms with Crippen molar-refractivity contribution in [2.45, 2.75) is 18.9 Å². The molecule has 68 valence electrons. The van der Waals surface area contributed by atoms with Gasteiger partial charge in [0.2, 0.25) is 0 Å². The van der Waals surface area contributed by atoms with Gasteiger partial charge in [-0.2, -0.15) is 0 Å². The maximum Gasteiger partial charge on any atom is 0.411 e. The van der Waals surface area contributed by atoms with Gasteiger partial charge in [0.25, 0.3) is 0 Å². The Balaban J connectivity index is 1.86. The Hall–Kier alpha value is -1.51. The third kappa shape index (κ3) is 2.47. The van der Waals surface area contributed by atoms with Crippen LogP contribution in [0.3, 0.4) is 0 Å². The molecule has 2 rings (SSSR count). The highest BCUT2D eigenvalue weighted by Crippen LogP contribution is 2.23. The summed E-state index contributed by atoms with van der Waals surface area (Å²) in [5.74, 6) is 0.